The maximum atomic E-state index is 12.6. The molecule has 0 fully saturated rings. The molecule has 0 aliphatic carbocycles. The van der Waals surface area contributed by atoms with Crippen LogP contribution in [0.4, 0.5) is 5.13 Å². The molecule has 22 heavy (non-hydrogen) atoms. The Bertz CT molecular complexity index is 753. The number of hydrogen-bond donors (Lipinski definition) is 0. The first-order valence-electron chi connectivity index (χ1n) is 6.78. The molecule has 0 aliphatic heterocycles. The summed E-state index contributed by atoms with van der Waals surface area (Å²) in [5.74, 6) is 0.0562. The van der Waals surface area contributed by atoms with Gasteiger partial charge in [0.2, 0.25) is 5.13 Å². The summed E-state index contributed by atoms with van der Waals surface area (Å²) in [4.78, 5) is 18.2. The van der Waals surface area contributed by atoms with E-state index in [-0.39, 0.29) is 17.7 Å². The number of anilines is 1. The van der Waals surface area contributed by atoms with Crippen molar-refractivity contribution in [2.75, 3.05) is 4.90 Å². The Morgan fingerprint density at radius 3 is 2.77 bits per heavy atom. The van der Waals surface area contributed by atoms with Gasteiger partial charge in [0.05, 0.1) is 6.26 Å². The third-order valence-electron chi connectivity index (χ3n) is 3.00. The number of furan rings is 1. The van der Waals surface area contributed by atoms with Crippen molar-refractivity contribution >= 4 is 22.4 Å². The van der Waals surface area contributed by atoms with Crippen molar-refractivity contribution in [3.05, 3.63) is 48.7 Å². The number of pyridine rings is 1. The van der Waals surface area contributed by atoms with Crippen LogP contribution in [0.25, 0.3) is 10.6 Å². The second kappa shape index (κ2) is 6.07. The molecule has 0 N–H and O–H groups in total. The molecule has 0 radical (unpaired) electrons. The number of aromatic nitrogens is 3. The molecule has 3 rings (SSSR count). The lowest BCUT2D eigenvalue weighted by Crippen LogP contribution is -2.36. The summed E-state index contributed by atoms with van der Waals surface area (Å²) < 4.78 is 5.19. The van der Waals surface area contributed by atoms with E-state index >= 15 is 0 Å². The van der Waals surface area contributed by atoms with Gasteiger partial charge >= 0.3 is 0 Å². The number of rotatable bonds is 4. The number of carbonyl (C=O) groups excluding carboxylic acids is 1. The van der Waals surface area contributed by atoms with Gasteiger partial charge in [-0.1, -0.05) is 11.3 Å². The van der Waals surface area contributed by atoms with Gasteiger partial charge in [-0.25, -0.2) is 0 Å². The second-order valence-electron chi connectivity index (χ2n) is 4.88. The van der Waals surface area contributed by atoms with Crippen molar-refractivity contribution < 1.29 is 9.21 Å². The van der Waals surface area contributed by atoms with E-state index in [1.807, 2.05) is 26.0 Å². The summed E-state index contributed by atoms with van der Waals surface area (Å²) in [6.45, 7) is 3.85. The molecule has 0 bridgehead atoms. The van der Waals surface area contributed by atoms with Crippen LogP contribution in [0.3, 0.4) is 0 Å². The van der Waals surface area contributed by atoms with Crippen molar-refractivity contribution in [3.8, 4) is 10.6 Å². The third kappa shape index (κ3) is 2.75. The third-order valence-corrected chi connectivity index (χ3v) is 3.97. The van der Waals surface area contributed by atoms with Crippen LogP contribution < -0.4 is 4.90 Å². The Labute approximate surface area is 131 Å². The SMILES string of the molecule is CC(C)N(C(=O)c1ccco1)c1nnc(-c2cccnc2)s1. The molecule has 0 atom stereocenters. The van der Waals surface area contributed by atoms with Gasteiger partial charge in [-0.15, -0.1) is 10.2 Å². The van der Waals surface area contributed by atoms with Gasteiger partial charge < -0.3 is 4.42 Å². The fourth-order valence-electron chi connectivity index (χ4n) is 1.98. The van der Waals surface area contributed by atoms with Gasteiger partial charge in [-0.2, -0.15) is 0 Å². The standard InChI is InChI=1S/C15H14N4O2S/c1-10(2)19(14(20)12-6-4-8-21-12)15-18-17-13(22-15)11-5-3-7-16-9-11/h3-10H,1-2H3. The van der Waals surface area contributed by atoms with Crippen LogP contribution in [0.5, 0.6) is 0 Å². The molecule has 0 saturated heterocycles. The molecule has 0 saturated carbocycles. The lowest BCUT2D eigenvalue weighted by Gasteiger charge is -2.22. The zero-order valence-corrected chi connectivity index (χ0v) is 12.9. The predicted molar refractivity (Wildman–Crippen MR) is 83.8 cm³/mol. The molecule has 1 amide bonds. The Morgan fingerprint density at radius 1 is 1.27 bits per heavy atom. The van der Waals surface area contributed by atoms with E-state index in [1.165, 1.54) is 17.6 Å². The highest BCUT2D eigenvalue weighted by molar-refractivity contribution is 7.18. The Hall–Kier alpha value is -2.54. The molecule has 7 heteroatoms. The molecule has 0 aliphatic rings. The van der Waals surface area contributed by atoms with Crippen LogP contribution in [0.1, 0.15) is 24.4 Å². The summed E-state index contributed by atoms with van der Waals surface area (Å²) in [6.07, 6.45) is 4.90. The van der Waals surface area contributed by atoms with Crippen LogP contribution in [0.15, 0.2) is 47.3 Å². The number of hydrogen-bond acceptors (Lipinski definition) is 6. The molecule has 112 valence electrons. The van der Waals surface area contributed by atoms with E-state index in [1.54, 1.807) is 29.4 Å². The highest BCUT2D eigenvalue weighted by Crippen LogP contribution is 2.30. The van der Waals surface area contributed by atoms with E-state index in [0.717, 1.165) is 10.6 Å². The molecule has 3 aromatic rings. The first-order valence-corrected chi connectivity index (χ1v) is 7.59. The number of carbonyl (C=O) groups is 1. The van der Waals surface area contributed by atoms with Gasteiger partial charge in [0.1, 0.15) is 0 Å². The van der Waals surface area contributed by atoms with E-state index in [0.29, 0.717) is 5.13 Å². The summed E-state index contributed by atoms with van der Waals surface area (Å²) in [7, 11) is 0. The first-order chi connectivity index (χ1) is 10.7. The largest absolute Gasteiger partial charge is 0.459 e. The molecule has 0 spiro atoms. The molecular weight excluding hydrogens is 300 g/mol. The summed E-state index contributed by atoms with van der Waals surface area (Å²) in [6, 6.07) is 7.01. The Balaban J connectivity index is 1.93. The van der Waals surface area contributed by atoms with Crippen LogP contribution in [0.2, 0.25) is 0 Å². The molecule has 0 unspecified atom stereocenters. The molecular formula is C15H14N4O2S. The lowest BCUT2D eigenvalue weighted by molar-refractivity contribution is 0.0953. The van der Waals surface area contributed by atoms with Gasteiger partial charge in [-0.3, -0.25) is 14.7 Å². The second-order valence-corrected chi connectivity index (χ2v) is 5.83. The lowest BCUT2D eigenvalue weighted by atomic mass is 10.3. The van der Waals surface area contributed by atoms with Crippen LogP contribution >= 0.6 is 11.3 Å². The van der Waals surface area contributed by atoms with Crippen molar-refractivity contribution in [1.82, 2.24) is 15.2 Å². The summed E-state index contributed by atoms with van der Waals surface area (Å²) in [5.41, 5.74) is 0.875. The van der Waals surface area contributed by atoms with Gasteiger partial charge in [0.15, 0.2) is 10.8 Å². The zero-order chi connectivity index (χ0) is 15.5. The minimum absolute atomic E-state index is 0.0627. The Kier molecular flexibility index (Phi) is 3.97. The average molecular weight is 314 g/mol. The van der Waals surface area contributed by atoms with E-state index < -0.39 is 0 Å². The van der Waals surface area contributed by atoms with Gasteiger partial charge in [0.25, 0.3) is 5.91 Å². The summed E-state index contributed by atoms with van der Waals surface area (Å²) in [5, 5.41) is 9.57. The van der Waals surface area contributed by atoms with Crippen LogP contribution in [0, 0.1) is 0 Å². The molecule has 3 heterocycles. The summed E-state index contributed by atoms with van der Waals surface area (Å²) >= 11 is 1.35. The monoisotopic (exact) mass is 314 g/mol. The minimum atomic E-state index is -0.228. The topological polar surface area (TPSA) is 72.1 Å². The fourth-order valence-corrected chi connectivity index (χ4v) is 2.95. The predicted octanol–water partition coefficient (Wildman–Crippen LogP) is 3.25. The maximum Gasteiger partial charge on any atom is 0.296 e. The highest BCUT2D eigenvalue weighted by atomic mass is 32.1. The number of nitrogens with zero attached hydrogens (tertiary/aromatic N) is 4. The van der Waals surface area contributed by atoms with E-state index in [2.05, 4.69) is 15.2 Å². The minimum Gasteiger partial charge on any atom is -0.459 e. The van der Waals surface area contributed by atoms with Crippen LogP contribution in [-0.2, 0) is 0 Å². The maximum absolute atomic E-state index is 12.6. The normalized spacial score (nSPS) is 10.9. The first kappa shape index (κ1) is 14.4. The molecule has 3 aromatic heterocycles. The van der Waals surface area contributed by atoms with Gasteiger partial charge in [-0.05, 0) is 38.1 Å². The smallest absolute Gasteiger partial charge is 0.296 e. The van der Waals surface area contributed by atoms with Crippen molar-refractivity contribution in [2.45, 2.75) is 19.9 Å². The fraction of sp³-hybridized carbons (Fsp3) is 0.200. The van der Waals surface area contributed by atoms with E-state index in [4.69, 9.17) is 4.42 Å². The van der Waals surface area contributed by atoms with Crippen LogP contribution in [-0.4, -0.2) is 27.1 Å². The van der Waals surface area contributed by atoms with E-state index in [9.17, 15) is 4.79 Å². The van der Waals surface area contributed by atoms with Gasteiger partial charge in [0, 0.05) is 24.0 Å². The van der Waals surface area contributed by atoms with Crippen molar-refractivity contribution in [3.63, 3.8) is 0 Å². The molecule has 0 aromatic carbocycles. The molecule has 6 nitrogen and oxygen atoms in total. The highest BCUT2D eigenvalue weighted by Gasteiger charge is 2.26. The Morgan fingerprint density at radius 2 is 2.14 bits per heavy atom. The van der Waals surface area contributed by atoms with Crippen molar-refractivity contribution in [2.24, 2.45) is 0 Å². The quantitative estimate of drug-likeness (QED) is 0.739. The van der Waals surface area contributed by atoms with Crippen molar-refractivity contribution in [1.29, 1.82) is 0 Å². The number of amides is 1. The zero-order valence-electron chi connectivity index (χ0n) is 12.1. The average Bonchev–Trinajstić information content (AvgIpc) is 3.20.